The first kappa shape index (κ1) is 20.6. The highest BCUT2D eigenvalue weighted by molar-refractivity contribution is 7.89. The molecule has 0 spiro atoms. The number of aromatic nitrogens is 1. The average Bonchev–Trinajstić information content (AvgIpc) is 3.10. The van der Waals surface area contributed by atoms with Gasteiger partial charge in [0.05, 0.1) is 4.90 Å². The molecular formula is C23H27N3O3S. The van der Waals surface area contributed by atoms with Gasteiger partial charge in [-0.1, -0.05) is 36.2 Å². The Bertz CT molecular complexity index is 1170. The third kappa shape index (κ3) is 4.00. The molecule has 7 heteroatoms. The fraction of sp³-hybridized carbons (Fsp3) is 0.348. The molecule has 1 fully saturated rings. The molecule has 2 heterocycles. The quantitative estimate of drug-likeness (QED) is 0.679. The van der Waals surface area contributed by atoms with Gasteiger partial charge < -0.3 is 9.88 Å². The van der Waals surface area contributed by atoms with Gasteiger partial charge in [0.2, 0.25) is 10.0 Å². The first-order valence-corrected chi connectivity index (χ1v) is 11.7. The van der Waals surface area contributed by atoms with E-state index in [0.29, 0.717) is 25.3 Å². The van der Waals surface area contributed by atoms with Crippen molar-refractivity contribution in [1.29, 1.82) is 0 Å². The van der Waals surface area contributed by atoms with Crippen molar-refractivity contribution in [2.45, 2.75) is 37.6 Å². The number of carbonyl (C=O) groups excluding carboxylic acids is 1. The summed E-state index contributed by atoms with van der Waals surface area (Å²) in [6, 6.07) is 14.9. The number of sulfonamides is 1. The summed E-state index contributed by atoms with van der Waals surface area (Å²) in [5.74, 6) is -0.185. The molecule has 1 aromatic heterocycles. The van der Waals surface area contributed by atoms with Gasteiger partial charge in [0.1, 0.15) is 5.69 Å². The van der Waals surface area contributed by atoms with Gasteiger partial charge in [-0.15, -0.1) is 0 Å². The van der Waals surface area contributed by atoms with Crippen LogP contribution in [0.4, 0.5) is 0 Å². The molecule has 0 radical (unpaired) electrons. The van der Waals surface area contributed by atoms with Crippen molar-refractivity contribution in [2.24, 2.45) is 7.05 Å². The maximum Gasteiger partial charge on any atom is 0.268 e. The van der Waals surface area contributed by atoms with Crippen molar-refractivity contribution in [2.75, 3.05) is 13.1 Å². The molecule has 0 saturated carbocycles. The van der Waals surface area contributed by atoms with E-state index in [2.05, 4.69) is 5.32 Å². The lowest BCUT2D eigenvalue weighted by molar-refractivity contribution is 0.0943. The lowest BCUT2D eigenvalue weighted by Crippen LogP contribution is -2.35. The van der Waals surface area contributed by atoms with Crippen LogP contribution in [0.25, 0.3) is 10.9 Å². The van der Waals surface area contributed by atoms with Crippen LogP contribution in [0.1, 0.15) is 40.9 Å². The molecule has 2 aromatic carbocycles. The van der Waals surface area contributed by atoms with E-state index in [1.54, 1.807) is 33.1 Å². The molecule has 1 N–H and O–H groups in total. The number of aryl methyl sites for hydroxylation is 2. The summed E-state index contributed by atoms with van der Waals surface area (Å²) in [6.45, 7) is 3.61. The number of rotatable bonds is 5. The summed E-state index contributed by atoms with van der Waals surface area (Å²) in [6.07, 6.45) is 2.88. The normalized spacial score (nSPS) is 15.4. The first-order valence-electron chi connectivity index (χ1n) is 10.3. The topological polar surface area (TPSA) is 71.4 Å². The minimum absolute atomic E-state index is 0.185. The number of nitrogens with zero attached hydrogens (tertiary/aromatic N) is 2. The average molecular weight is 426 g/mol. The van der Waals surface area contributed by atoms with Gasteiger partial charge in [0.15, 0.2) is 0 Å². The zero-order valence-electron chi connectivity index (χ0n) is 17.4. The van der Waals surface area contributed by atoms with E-state index in [4.69, 9.17) is 0 Å². The van der Waals surface area contributed by atoms with Gasteiger partial charge in [-0.3, -0.25) is 4.79 Å². The molecule has 1 aliphatic rings. The lowest BCUT2D eigenvalue weighted by Gasteiger charge is -2.25. The summed E-state index contributed by atoms with van der Waals surface area (Å²) >= 11 is 0. The number of hydrogen-bond acceptors (Lipinski definition) is 3. The predicted octanol–water partition coefficient (Wildman–Crippen LogP) is 3.59. The van der Waals surface area contributed by atoms with Gasteiger partial charge in [0.25, 0.3) is 5.91 Å². The standard InChI is InChI=1S/C23H27N3O3S/c1-17-6-8-18(9-7-17)16-24-23(27)22-15-19-14-20(10-11-21(19)25(22)2)30(28,29)26-12-4-3-5-13-26/h6-11,14-15H,3-5,12-13,16H2,1-2H3,(H,24,27). The highest BCUT2D eigenvalue weighted by Crippen LogP contribution is 2.26. The Kier molecular flexibility index (Phi) is 5.66. The SMILES string of the molecule is Cc1ccc(CNC(=O)c2cc3cc(S(=O)(=O)N4CCCCC4)ccc3n2C)cc1. The Morgan fingerprint density at radius 2 is 1.70 bits per heavy atom. The molecule has 0 unspecified atom stereocenters. The van der Waals surface area contributed by atoms with Crippen molar-refractivity contribution in [3.63, 3.8) is 0 Å². The van der Waals surface area contributed by atoms with E-state index in [0.717, 1.165) is 35.7 Å². The molecule has 6 nitrogen and oxygen atoms in total. The number of carbonyl (C=O) groups is 1. The number of benzene rings is 2. The van der Waals surface area contributed by atoms with E-state index < -0.39 is 10.0 Å². The fourth-order valence-corrected chi connectivity index (χ4v) is 5.49. The van der Waals surface area contributed by atoms with Crippen LogP contribution in [0.15, 0.2) is 53.4 Å². The molecule has 1 amide bonds. The van der Waals surface area contributed by atoms with Crippen molar-refractivity contribution in [3.05, 3.63) is 65.4 Å². The van der Waals surface area contributed by atoms with Crippen LogP contribution in [-0.2, 0) is 23.6 Å². The van der Waals surface area contributed by atoms with Crippen LogP contribution in [0, 0.1) is 6.92 Å². The minimum Gasteiger partial charge on any atom is -0.347 e. The first-order chi connectivity index (χ1) is 14.4. The predicted molar refractivity (Wildman–Crippen MR) is 118 cm³/mol. The molecule has 0 bridgehead atoms. The maximum absolute atomic E-state index is 13.0. The van der Waals surface area contributed by atoms with E-state index in [1.165, 1.54) is 5.56 Å². The van der Waals surface area contributed by atoms with Crippen LogP contribution in [0.3, 0.4) is 0 Å². The van der Waals surface area contributed by atoms with E-state index in [-0.39, 0.29) is 10.8 Å². The molecule has 30 heavy (non-hydrogen) atoms. The van der Waals surface area contributed by atoms with E-state index >= 15 is 0 Å². The smallest absolute Gasteiger partial charge is 0.268 e. The molecule has 0 atom stereocenters. The van der Waals surface area contributed by atoms with Crippen LogP contribution >= 0.6 is 0 Å². The highest BCUT2D eigenvalue weighted by Gasteiger charge is 2.26. The van der Waals surface area contributed by atoms with Crippen LogP contribution in [0.2, 0.25) is 0 Å². The Hall–Kier alpha value is -2.64. The molecule has 3 aromatic rings. The number of hydrogen-bond donors (Lipinski definition) is 1. The van der Waals surface area contributed by atoms with Crippen LogP contribution in [0.5, 0.6) is 0 Å². The summed E-state index contributed by atoms with van der Waals surface area (Å²) in [7, 11) is -1.68. The molecule has 0 aliphatic carbocycles. The van der Waals surface area contributed by atoms with Crippen molar-refractivity contribution >= 4 is 26.8 Å². The minimum atomic E-state index is -3.50. The van der Waals surface area contributed by atoms with Gasteiger partial charge in [-0.2, -0.15) is 4.31 Å². The summed E-state index contributed by atoms with van der Waals surface area (Å²) in [5, 5.41) is 3.69. The summed E-state index contributed by atoms with van der Waals surface area (Å²) < 4.78 is 29.3. The van der Waals surface area contributed by atoms with E-state index in [9.17, 15) is 13.2 Å². The van der Waals surface area contributed by atoms with Crippen molar-refractivity contribution in [3.8, 4) is 0 Å². The Labute approximate surface area is 177 Å². The third-order valence-electron chi connectivity index (χ3n) is 5.77. The Balaban J connectivity index is 1.57. The zero-order chi connectivity index (χ0) is 21.3. The van der Waals surface area contributed by atoms with Crippen LogP contribution < -0.4 is 5.32 Å². The maximum atomic E-state index is 13.0. The third-order valence-corrected chi connectivity index (χ3v) is 7.67. The number of piperidine rings is 1. The highest BCUT2D eigenvalue weighted by atomic mass is 32.2. The van der Waals surface area contributed by atoms with Gasteiger partial charge >= 0.3 is 0 Å². The fourth-order valence-electron chi connectivity index (χ4n) is 3.94. The molecular weight excluding hydrogens is 398 g/mol. The van der Waals surface area contributed by atoms with E-state index in [1.807, 2.05) is 38.2 Å². The van der Waals surface area contributed by atoms with Crippen molar-refractivity contribution in [1.82, 2.24) is 14.2 Å². The van der Waals surface area contributed by atoms with Gasteiger partial charge in [-0.25, -0.2) is 8.42 Å². The summed E-state index contributed by atoms with van der Waals surface area (Å²) in [5.41, 5.74) is 3.54. The Morgan fingerprint density at radius 1 is 1.00 bits per heavy atom. The van der Waals surface area contributed by atoms with Gasteiger partial charge in [-0.05, 0) is 49.6 Å². The van der Waals surface area contributed by atoms with Crippen molar-refractivity contribution < 1.29 is 13.2 Å². The number of nitrogens with one attached hydrogen (secondary N) is 1. The second-order valence-electron chi connectivity index (χ2n) is 7.94. The zero-order valence-corrected chi connectivity index (χ0v) is 18.2. The monoisotopic (exact) mass is 425 g/mol. The Morgan fingerprint density at radius 3 is 2.40 bits per heavy atom. The summed E-state index contributed by atoms with van der Waals surface area (Å²) in [4.78, 5) is 13.0. The number of fused-ring (bicyclic) bond motifs is 1. The molecule has 158 valence electrons. The van der Waals surface area contributed by atoms with Gasteiger partial charge in [0, 0.05) is 37.6 Å². The molecule has 1 aliphatic heterocycles. The second-order valence-corrected chi connectivity index (χ2v) is 9.88. The largest absolute Gasteiger partial charge is 0.347 e. The van der Waals surface area contributed by atoms with Crippen LogP contribution in [-0.4, -0.2) is 36.3 Å². The molecule has 1 saturated heterocycles. The molecule has 4 rings (SSSR count). The number of amides is 1. The second kappa shape index (κ2) is 8.24. The lowest BCUT2D eigenvalue weighted by atomic mass is 10.1.